The summed E-state index contributed by atoms with van der Waals surface area (Å²) < 4.78 is 5.57. The van der Waals surface area contributed by atoms with Gasteiger partial charge in [-0.3, -0.25) is 4.90 Å². The summed E-state index contributed by atoms with van der Waals surface area (Å²) in [5.74, 6) is 2.13. The molecule has 0 bridgehead atoms. The van der Waals surface area contributed by atoms with E-state index in [1.54, 1.807) is 0 Å². The van der Waals surface area contributed by atoms with Gasteiger partial charge in [0.2, 0.25) is 5.89 Å². The lowest BCUT2D eigenvalue weighted by Crippen LogP contribution is -2.31. The number of benzene rings is 1. The summed E-state index contributed by atoms with van der Waals surface area (Å²) in [6.07, 6.45) is 7.75. The van der Waals surface area contributed by atoms with Gasteiger partial charge in [0, 0.05) is 19.5 Å². The molecule has 1 saturated carbocycles. The molecule has 0 amide bonds. The van der Waals surface area contributed by atoms with Gasteiger partial charge >= 0.3 is 0 Å². The maximum atomic E-state index is 10.2. The van der Waals surface area contributed by atoms with Crippen LogP contribution >= 0.6 is 0 Å². The van der Waals surface area contributed by atoms with Crippen LogP contribution in [0.2, 0.25) is 0 Å². The maximum Gasteiger partial charge on any atom is 0.244 e. The molecule has 1 aromatic carbocycles. The van der Waals surface area contributed by atoms with Gasteiger partial charge in [0.1, 0.15) is 0 Å². The van der Waals surface area contributed by atoms with Gasteiger partial charge < -0.3 is 9.63 Å². The second-order valence-electron chi connectivity index (χ2n) is 7.57. The Morgan fingerprint density at radius 2 is 1.92 bits per heavy atom. The lowest BCUT2D eigenvalue weighted by Gasteiger charge is -2.29. The zero-order valence-electron chi connectivity index (χ0n) is 14.7. The second-order valence-corrected chi connectivity index (χ2v) is 7.57. The van der Waals surface area contributed by atoms with Crippen molar-refractivity contribution in [2.75, 3.05) is 13.1 Å². The Hall–Kier alpha value is -1.72. The molecule has 2 aromatic rings. The highest BCUT2D eigenvalue weighted by Gasteiger charge is 2.37. The monoisotopic (exact) mass is 341 g/mol. The van der Waals surface area contributed by atoms with Crippen molar-refractivity contribution in [3.8, 4) is 0 Å². The Labute approximate surface area is 149 Å². The fourth-order valence-electron chi connectivity index (χ4n) is 4.29. The summed E-state index contributed by atoms with van der Waals surface area (Å²) in [4.78, 5) is 7.00. The van der Waals surface area contributed by atoms with Crippen LogP contribution in [0.15, 0.2) is 34.9 Å². The topological polar surface area (TPSA) is 62.4 Å². The largest absolute Gasteiger partial charge is 0.392 e. The SMILES string of the molecule is O[C@@H]1C[C@@H](c2nc(Cc3ccccc3)no2)N(CC2CCCCC2)C1. The number of rotatable bonds is 5. The molecule has 1 aliphatic carbocycles. The first-order valence-corrected chi connectivity index (χ1v) is 9.56. The zero-order valence-corrected chi connectivity index (χ0v) is 14.7. The molecule has 5 nitrogen and oxygen atoms in total. The van der Waals surface area contributed by atoms with E-state index >= 15 is 0 Å². The molecular formula is C20H27N3O2. The third kappa shape index (κ3) is 4.10. The molecule has 2 atom stereocenters. The van der Waals surface area contributed by atoms with Gasteiger partial charge in [-0.15, -0.1) is 0 Å². The van der Waals surface area contributed by atoms with Crippen molar-refractivity contribution in [1.29, 1.82) is 0 Å². The fourth-order valence-corrected chi connectivity index (χ4v) is 4.29. The first-order chi connectivity index (χ1) is 12.3. The molecule has 4 rings (SSSR count). The summed E-state index contributed by atoms with van der Waals surface area (Å²) in [5.41, 5.74) is 1.18. The minimum absolute atomic E-state index is 0.0638. The molecule has 25 heavy (non-hydrogen) atoms. The quantitative estimate of drug-likeness (QED) is 0.903. The van der Waals surface area contributed by atoms with Crippen LogP contribution in [-0.2, 0) is 6.42 Å². The van der Waals surface area contributed by atoms with Gasteiger partial charge in [0.15, 0.2) is 5.82 Å². The van der Waals surface area contributed by atoms with Crippen molar-refractivity contribution in [3.63, 3.8) is 0 Å². The predicted molar refractivity (Wildman–Crippen MR) is 95.1 cm³/mol. The van der Waals surface area contributed by atoms with Crippen LogP contribution < -0.4 is 0 Å². The molecule has 134 valence electrons. The van der Waals surface area contributed by atoms with E-state index in [-0.39, 0.29) is 12.1 Å². The van der Waals surface area contributed by atoms with Crippen LogP contribution in [0.1, 0.15) is 61.8 Å². The minimum Gasteiger partial charge on any atom is -0.392 e. The van der Waals surface area contributed by atoms with Crippen LogP contribution in [0.3, 0.4) is 0 Å². The number of likely N-dealkylation sites (tertiary alicyclic amines) is 1. The normalized spacial score (nSPS) is 25.5. The maximum absolute atomic E-state index is 10.2. The Bertz CT molecular complexity index is 667. The third-order valence-corrected chi connectivity index (χ3v) is 5.57. The van der Waals surface area contributed by atoms with Crippen LogP contribution in [0, 0.1) is 5.92 Å². The standard InChI is InChI=1S/C20H27N3O2/c24-17-12-18(23(14-17)13-16-9-5-2-6-10-16)20-21-19(22-25-20)11-15-7-3-1-4-8-15/h1,3-4,7-8,16-18,24H,2,5-6,9-14H2/t17-,18+/m1/s1. The lowest BCUT2D eigenvalue weighted by molar-refractivity contribution is 0.147. The van der Waals surface area contributed by atoms with Crippen LogP contribution in [0.25, 0.3) is 0 Å². The van der Waals surface area contributed by atoms with E-state index in [2.05, 4.69) is 27.2 Å². The summed E-state index contributed by atoms with van der Waals surface area (Å²) in [7, 11) is 0. The Morgan fingerprint density at radius 3 is 2.72 bits per heavy atom. The number of β-amino-alcohol motifs (C(OH)–C–C–N with tert-alkyl or cyclic N) is 1. The summed E-state index contributed by atoms with van der Waals surface area (Å²) in [5, 5.41) is 14.3. The molecule has 5 heteroatoms. The molecule has 1 aromatic heterocycles. The fraction of sp³-hybridized carbons (Fsp3) is 0.600. The highest BCUT2D eigenvalue weighted by atomic mass is 16.5. The highest BCUT2D eigenvalue weighted by Crippen LogP contribution is 2.34. The Morgan fingerprint density at radius 1 is 1.12 bits per heavy atom. The average Bonchev–Trinajstić information content (AvgIpc) is 3.23. The van der Waals surface area contributed by atoms with Gasteiger partial charge in [0.05, 0.1) is 12.1 Å². The first-order valence-electron chi connectivity index (χ1n) is 9.56. The van der Waals surface area contributed by atoms with Gasteiger partial charge in [-0.25, -0.2) is 0 Å². The Balaban J connectivity index is 1.44. The number of aromatic nitrogens is 2. The molecule has 2 aliphatic rings. The van der Waals surface area contributed by atoms with Gasteiger partial charge in [-0.2, -0.15) is 4.98 Å². The third-order valence-electron chi connectivity index (χ3n) is 5.57. The molecule has 2 fully saturated rings. The molecule has 0 spiro atoms. The molecule has 1 N–H and O–H groups in total. The smallest absolute Gasteiger partial charge is 0.244 e. The van der Waals surface area contributed by atoms with Crippen molar-refractivity contribution in [2.24, 2.45) is 5.92 Å². The van der Waals surface area contributed by atoms with Crippen molar-refractivity contribution < 1.29 is 9.63 Å². The molecule has 2 heterocycles. The van der Waals surface area contributed by atoms with Crippen LogP contribution in [-0.4, -0.2) is 39.3 Å². The van der Waals surface area contributed by atoms with E-state index in [4.69, 9.17) is 4.52 Å². The number of aliphatic hydroxyl groups excluding tert-OH is 1. The number of nitrogens with zero attached hydrogens (tertiary/aromatic N) is 3. The molecule has 1 saturated heterocycles. The predicted octanol–water partition coefficient (Wildman–Crippen LogP) is 3.35. The van der Waals surface area contributed by atoms with E-state index in [1.807, 2.05) is 18.2 Å². The second kappa shape index (κ2) is 7.67. The van der Waals surface area contributed by atoms with Crippen LogP contribution in [0.4, 0.5) is 0 Å². The molecule has 0 radical (unpaired) electrons. The van der Waals surface area contributed by atoms with Crippen LogP contribution in [0.5, 0.6) is 0 Å². The minimum atomic E-state index is -0.293. The van der Waals surface area contributed by atoms with Crippen molar-refractivity contribution in [3.05, 3.63) is 47.6 Å². The van der Waals surface area contributed by atoms with Crippen molar-refractivity contribution >= 4 is 0 Å². The van der Waals surface area contributed by atoms with Gasteiger partial charge in [-0.05, 0) is 30.7 Å². The van der Waals surface area contributed by atoms with Gasteiger partial charge in [-0.1, -0.05) is 54.8 Å². The highest BCUT2D eigenvalue weighted by molar-refractivity contribution is 5.18. The summed E-state index contributed by atoms with van der Waals surface area (Å²) in [6.45, 7) is 1.76. The number of hydrogen-bond donors (Lipinski definition) is 1. The number of hydrogen-bond acceptors (Lipinski definition) is 5. The van der Waals surface area contributed by atoms with E-state index in [0.29, 0.717) is 18.7 Å². The van der Waals surface area contributed by atoms with Gasteiger partial charge in [0.25, 0.3) is 0 Å². The zero-order chi connectivity index (χ0) is 17.1. The Kier molecular flexibility index (Phi) is 5.13. The summed E-state index contributed by atoms with van der Waals surface area (Å²) >= 11 is 0. The van der Waals surface area contributed by atoms with E-state index in [9.17, 15) is 5.11 Å². The van der Waals surface area contributed by atoms with E-state index < -0.39 is 0 Å². The molecule has 0 unspecified atom stereocenters. The molecular weight excluding hydrogens is 314 g/mol. The first kappa shape index (κ1) is 16.7. The van der Waals surface area contributed by atoms with E-state index in [0.717, 1.165) is 24.8 Å². The van der Waals surface area contributed by atoms with Crippen molar-refractivity contribution in [1.82, 2.24) is 15.0 Å². The average molecular weight is 341 g/mol. The molecule has 1 aliphatic heterocycles. The number of aliphatic hydroxyl groups is 1. The lowest BCUT2D eigenvalue weighted by atomic mass is 9.89. The van der Waals surface area contributed by atoms with E-state index in [1.165, 1.54) is 37.7 Å². The van der Waals surface area contributed by atoms with Crippen molar-refractivity contribution in [2.45, 2.75) is 57.1 Å². The summed E-state index contributed by atoms with van der Waals surface area (Å²) in [6, 6.07) is 10.3.